The second kappa shape index (κ2) is 8.75. The smallest absolute Gasteiger partial charge is 0.242 e. The Morgan fingerprint density at radius 3 is 2.61 bits per heavy atom. The highest BCUT2D eigenvalue weighted by Crippen LogP contribution is 2.28. The van der Waals surface area contributed by atoms with E-state index in [1.54, 1.807) is 16.8 Å². The minimum absolute atomic E-state index is 0.0175. The van der Waals surface area contributed by atoms with Gasteiger partial charge in [0.2, 0.25) is 15.9 Å². The fraction of sp³-hybridized carbons (Fsp3) is 0.579. The van der Waals surface area contributed by atoms with Crippen molar-refractivity contribution in [3.63, 3.8) is 0 Å². The van der Waals surface area contributed by atoms with Gasteiger partial charge in [-0.25, -0.2) is 18.1 Å². The molecule has 1 N–H and O–H groups in total. The number of hydrogen-bond donors (Lipinski definition) is 1. The van der Waals surface area contributed by atoms with Crippen molar-refractivity contribution in [2.75, 3.05) is 19.6 Å². The maximum atomic E-state index is 12.8. The maximum absolute atomic E-state index is 12.8. The highest BCUT2D eigenvalue weighted by atomic mass is 32.2. The van der Waals surface area contributed by atoms with E-state index >= 15 is 0 Å². The van der Waals surface area contributed by atoms with Gasteiger partial charge in [-0.15, -0.1) is 11.3 Å². The van der Waals surface area contributed by atoms with Gasteiger partial charge in [0.1, 0.15) is 16.4 Å². The largest absolute Gasteiger partial charge is 0.341 e. The number of aryl methyl sites for hydroxylation is 1. The number of thiazole rings is 1. The van der Waals surface area contributed by atoms with Gasteiger partial charge < -0.3 is 9.47 Å². The molecule has 1 saturated heterocycles. The van der Waals surface area contributed by atoms with Crippen LogP contribution in [0.4, 0.5) is 0 Å². The zero-order chi connectivity index (χ0) is 20.3. The molecule has 0 radical (unpaired) electrons. The van der Waals surface area contributed by atoms with Gasteiger partial charge in [0, 0.05) is 36.9 Å². The van der Waals surface area contributed by atoms with Crippen LogP contribution in [0.2, 0.25) is 0 Å². The first-order valence-corrected chi connectivity index (χ1v) is 12.0. The number of likely N-dealkylation sites (tertiary alicyclic amines) is 1. The van der Waals surface area contributed by atoms with Gasteiger partial charge in [-0.3, -0.25) is 4.79 Å². The molecule has 28 heavy (non-hydrogen) atoms. The van der Waals surface area contributed by atoms with Crippen molar-refractivity contribution in [2.45, 2.75) is 51.5 Å². The number of hydrogen-bond acceptors (Lipinski definition) is 5. The third-order valence-corrected chi connectivity index (χ3v) is 7.09. The van der Waals surface area contributed by atoms with Crippen LogP contribution >= 0.6 is 11.3 Å². The predicted octanol–water partition coefficient (Wildman–Crippen LogP) is 2.87. The first kappa shape index (κ1) is 21.0. The molecule has 2 aromatic heterocycles. The SMILES string of the molecule is Cc1csc(-c2cc(S(=O)(=O)NCC(C)C)cn2CC(=O)N2CCCCC2)n1. The van der Waals surface area contributed by atoms with Crippen LogP contribution in [0.25, 0.3) is 10.7 Å². The number of piperidine rings is 1. The van der Waals surface area contributed by atoms with Gasteiger partial charge in [-0.2, -0.15) is 0 Å². The van der Waals surface area contributed by atoms with E-state index in [1.165, 1.54) is 11.3 Å². The molecule has 9 heteroatoms. The first-order chi connectivity index (χ1) is 13.3. The summed E-state index contributed by atoms with van der Waals surface area (Å²) < 4.78 is 29.7. The summed E-state index contributed by atoms with van der Waals surface area (Å²) in [5.74, 6) is 0.225. The number of sulfonamides is 1. The van der Waals surface area contributed by atoms with Gasteiger partial charge in [-0.1, -0.05) is 13.8 Å². The molecule has 0 aromatic carbocycles. The summed E-state index contributed by atoms with van der Waals surface area (Å²) >= 11 is 1.45. The predicted molar refractivity (Wildman–Crippen MR) is 111 cm³/mol. The van der Waals surface area contributed by atoms with Crippen molar-refractivity contribution in [1.82, 2.24) is 19.2 Å². The lowest BCUT2D eigenvalue weighted by Gasteiger charge is -2.27. The number of amides is 1. The van der Waals surface area contributed by atoms with Crippen LogP contribution in [0.15, 0.2) is 22.5 Å². The lowest BCUT2D eigenvalue weighted by atomic mass is 10.1. The van der Waals surface area contributed by atoms with Crippen LogP contribution in [0.5, 0.6) is 0 Å². The molecule has 3 heterocycles. The highest BCUT2D eigenvalue weighted by Gasteiger charge is 2.23. The van der Waals surface area contributed by atoms with Crippen molar-refractivity contribution in [2.24, 2.45) is 5.92 Å². The Morgan fingerprint density at radius 1 is 1.29 bits per heavy atom. The average Bonchev–Trinajstić information content (AvgIpc) is 3.27. The second-order valence-corrected chi connectivity index (χ2v) is 10.3. The van der Waals surface area contributed by atoms with Gasteiger partial charge in [0.25, 0.3) is 0 Å². The van der Waals surface area contributed by atoms with E-state index in [9.17, 15) is 13.2 Å². The fourth-order valence-corrected chi connectivity index (χ4v) is 5.24. The second-order valence-electron chi connectivity index (χ2n) is 7.67. The number of rotatable bonds is 7. The number of carbonyl (C=O) groups is 1. The molecular weight excluding hydrogens is 396 g/mol. The molecule has 1 aliphatic rings. The van der Waals surface area contributed by atoms with E-state index in [0.29, 0.717) is 17.2 Å². The van der Waals surface area contributed by atoms with Crippen LogP contribution in [0.3, 0.4) is 0 Å². The van der Waals surface area contributed by atoms with Crippen LogP contribution in [0.1, 0.15) is 38.8 Å². The van der Waals surface area contributed by atoms with Gasteiger partial charge in [0.05, 0.1) is 5.69 Å². The molecule has 1 fully saturated rings. The highest BCUT2D eigenvalue weighted by molar-refractivity contribution is 7.89. The Bertz CT molecular complexity index is 925. The van der Waals surface area contributed by atoms with Crippen molar-refractivity contribution >= 4 is 27.3 Å². The van der Waals surface area contributed by atoms with Crippen molar-refractivity contribution in [3.8, 4) is 10.7 Å². The summed E-state index contributed by atoms with van der Waals surface area (Å²) in [5.41, 5.74) is 1.53. The fourth-order valence-electron chi connectivity index (χ4n) is 3.16. The summed E-state index contributed by atoms with van der Waals surface area (Å²) in [7, 11) is -3.64. The standard InChI is InChI=1S/C19H28N4O3S2/c1-14(2)10-20-28(25,26)16-9-17(19-21-15(3)13-27-19)23(11-16)12-18(24)22-7-5-4-6-8-22/h9,11,13-14,20H,4-8,10,12H2,1-3H3. The molecule has 0 bridgehead atoms. The molecule has 2 aromatic rings. The molecule has 7 nitrogen and oxygen atoms in total. The van der Waals surface area contributed by atoms with E-state index in [4.69, 9.17) is 0 Å². The van der Waals surface area contributed by atoms with Crippen LogP contribution in [-0.4, -0.2) is 48.4 Å². The molecule has 0 aliphatic carbocycles. The monoisotopic (exact) mass is 424 g/mol. The Kier molecular flexibility index (Phi) is 6.57. The summed E-state index contributed by atoms with van der Waals surface area (Å²) in [6.07, 6.45) is 4.75. The number of aromatic nitrogens is 2. The summed E-state index contributed by atoms with van der Waals surface area (Å²) in [4.78, 5) is 19.3. The number of nitrogens with one attached hydrogen (secondary N) is 1. The van der Waals surface area contributed by atoms with Gasteiger partial charge >= 0.3 is 0 Å². The molecule has 0 spiro atoms. The molecule has 1 aliphatic heterocycles. The Labute approximate surface area is 170 Å². The van der Waals surface area contributed by atoms with Crippen LogP contribution in [0, 0.1) is 12.8 Å². The number of nitrogens with zero attached hydrogens (tertiary/aromatic N) is 3. The van der Waals surface area contributed by atoms with Gasteiger partial charge in [-0.05, 0) is 38.2 Å². The Balaban J connectivity index is 1.90. The maximum Gasteiger partial charge on any atom is 0.242 e. The number of carbonyl (C=O) groups excluding carboxylic acids is 1. The average molecular weight is 425 g/mol. The van der Waals surface area contributed by atoms with E-state index < -0.39 is 10.0 Å². The first-order valence-electron chi connectivity index (χ1n) is 9.66. The molecule has 3 rings (SSSR count). The molecule has 0 unspecified atom stereocenters. The van der Waals surface area contributed by atoms with E-state index in [0.717, 1.165) is 38.0 Å². The third kappa shape index (κ3) is 5.01. The lowest BCUT2D eigenvalue weighted by molar-refractivity contribution is -0.132. The minimum atomic E-state index is -3.64. The summed E-state index contributed by atoms with van der Waals surface area (Å²) in [6.45, 7) is 7.83. The molecule has 0 saturated carbocycles. The Hall–Kier alpha value is -1.71. The third-order valence-electron chi connectivity index (χ3n) is 4.72. The van der Waals surface area contributed by atoms with Gasteiger partial charge in [0.15, 0.2) is 0 Å². The molecule has 1 amide bonds. The molecular formula is C19H28N4O3S2. The van der Waals surface area contributed by atoms with E-state index in [2.05, 4.69) is 9.71 Å². The molecule has 0 atom stereocenters. The van der Waals surface area contributed by atoms with Crippen molar-refractivity contribution in [1.29, 1.82) is 0 Å². The van der Waals surface area contributed by atoms with E-state index in [1.807, 2.05) is 31.1 Å². The summed E-state index contributed by atoms with van der Waals surface area (Å²) in [6, 6.07) is 1.62. The minimum Gasteiger partial charge on any atom is -0.341 e. The van der Waals surface area contributed by atoms with Crippen LogP contribution < -0.4 is 4.72 Å². The lowest BCUT2D eigenvalue weighted by Crippen LogP contribution is -2.37. The zero-order valence-corrected chi connectivity index (χ0v) is 18.3. The zero-order valence-electron chi connectivity index (χ0n) is 16.6. The van der Waals surface area contributed by atoms with Crippen LogP contribution in [-0.2, 0) is 21.4 Å². The quantitative estimate of drug-likeness (QED) is 0.741. The van der Waals surface area contributed by atoms with E-state index in [-0.39, 0.29) is 23.3 Å². The topological polar surface area (TPSA) is 84.3 Å². The Morgan fingerprint density at radius 2 is 2.00 bits per heavy atom. The van der Waals surface area contributed by atoms with Crippen molar-refractivity contribution in [3.05, 3.63) is 23.3 Å². The molecule has 154 valence electrons. The van der Waals surface area contributed by atoms with Crippen molar-refractivity contribution < 1.29 is 13.2 Å². The normalized spacial score (nSPS) is 15.4. The summed E-state index contributed by atoms with van der Waals surface area (Å²) in [5, 5.41) is 2.64.